The molecule has 2 aromatic heterocycles. The monoisotopic (exact) mass is 288 g/mol. The molecule has 0 aliphatic heterocycles. The molecule has 0 aliphatic carbocycles. The quantitative estimate of drug-likeness (QED) is 0.845. The molecule has 0 bridgehead atoms. The SMILES string of the molecule is COc1ncc(NC(=O)/C=C/c2ccco2)c(N(C)C)n1. The summed E-state index contributed by atoms with van der Waals surface area (Å²) in [6.07, 6.45) is 6.00. The van der Waals surface area contributed by atoms with Gasteiger partial charge in [0.25, 0.3) is 0 Å². The van der Waals surface area contributed by atoms with Crippen LogP contribution in [0.15, 0.2) is 35.1 Å². The fraction of sp³-hybridized carbons (Fsp3) is 0.214. The summed E-state index contributed by atoms with van der Waals surface area (Å²) >= 11 is 0. The molecule has 0 spiro atoms. The standard InChI is InChI=1S/C14H16N4O3/c1-18(2)13-11(9-15-14(17-13)20-3)16-12(19)7-6-10-5-4-8-21-10/h4-9H,1-3H3,(H,16,19)/b7-6+. The highest BCUT2D eigenvalue weighted by Gasteiger charge is 2.11. The van der Waals surface area contributed by atoms with Gasteiger partial charge in [-0.1, -0.05) is 0 Å². The van der Waals surface area contributed by atoms with Crippen LogP contribution in [0.2, 0.25) is 0 Å². The van der Waals surface area contributed by atoms with E-state index >= 15 is 0 Å². The smallest absolute Gasteiger partial charge is 0.318 e. The molecule has 0 aromatic carbocycles. The largest absolute Gasteiger partial charge is 0.467 e. The van der Waals surface area contributed by atoms with Gasteiger partial charge in [0.2, 0.25) is 5.91 Å². The Kier molecular flexibility index (Phi) is 4.55. The maximum Gasteiger partial charge on any atom is 0.318 e. The number of carbonyl (C=O) groups excluding carboxylic acids is 1. The molecule has 2 heterocycles. The number of nitrogens with zero attached hydrogens (tertiary/aromatic N) is 3. The maximum absolute atomic E-state index is 11.9. The second-order valence-corrected chi connectivity index (χ2v) is 4.33. The fourth-order valence-corrected chi connectivity index (χ4v) is 1.60. The summed E-state index contributed by atoms with van der Waals surface area (Å²) < 4.78 is 10.1. The number of hydrogen-bond donors (Lipinski definition) is 1. The molecule has 0 saturated carbocycles. The van der Waals surface area contributed by atoms with Crippen LogP contribution in [0.4, 0.5) is 11.5 Å². The zero-order valence-corrected chi connectivity index (χ0v) is 12.0. The summed E-state index contributed by atoms with van der Waals surface area (Å²) in [5, 5.41) is 2.72. The Labute approximate surface area is 122 Å². The first-order valence-corrected chi connectivity index (χ1v) is 6.21. The van der Waals surface area contributed by atoms with Gasteiger partial charge in [-0.2, -0.15) is 4.98 Å². The normalized spacial score (nSPS) is 10.6. The van der Waals surface area contributed by atoms with Crippen molar-refractivity contribution in [1.29, 1.82) is 0 Å². The van der Waals surface area contributed by atoms with Crippen molar-refractivity contribution >= 4 is 23.5 Å². The number of furan rings is 1. The lowest BCUT2D eigenvalue weighted by Gasteiger charge is -2.16. The van der Waals surface area contributed by atoms with E-state index in [1.54, 1.807) is 29.4 Å². The lowest BCUT2D eigenvalue weighted by Crippen LogP contribution is -2.17. The van der Waals surface area contributed by atoms with Crippen LogP contribution in [0.25, 0.3) is 6.08 Å². The number of nitrogens with one attached hydrogen (secondary N) is 1. The average Bonchev–Trinajstić information content (AvgIpc) is 2.98. The number of methoxy groups -OCH3 is 1. The van der Waals surface area contributed by atoms with Crippen molar-refractivity contribution in [2.45, 2.75) is 0 Å². The van der Waals surface area contributed by atoms with Crippen LogP contribution < -0.4 is 15.0 Å². The lowest BCUT2D eigenvalue weighted by atomic mass is 10.3. The third-order valence-electron chi connectivity index (χ3n) is 2.55. The summed E-state index contributed by atoms with van der Waals surface area (Å²) in [6, 6.07) is 3.74. The molecule has 0 radical (unpaired) electrons. The lowest BCUT2D eigenvalue weighted by molar-refractivity contribution is -0.111. The molecule has 110 valence electrons. The van der Waals surface area contributed by atoms with Crippen LogP contribution in [-0.4, -0.2) is 37.1 Å². The summed E-state index contributed by atoms with van der Waals surface area (Å²) in [6.45, 7) is 0. The van der Waals surface area contributed by atoms with Crippen LogP contribution in [-0.2, 0) is 4.79 Å². The molecule has 7 heteroatoms. The van der Waals surface area contributed by atoms with Gasteiger partial charge in [-0.15, -0.1) is 0 Å². The third-order valence-corrected chi connectivity index (χ3v) is 2.55. The highest BCUT2D eigenvalue weighted by atomic mass is 16.5. The van der Waals surface area contributed by atoms with Gasteiger partial charge in [-0.25, -0.2) is 4.98 Å². The van der Waals surface area contributed by atoms with E-state index in [1.807, 2.05) is 14.1 Å². The van der Waals surface area contributed by atoms with Crippen molar-refractivity contribution in [2.75, 3.05) is 31.4 Å². The summed E-state index contributed by atoms with van der Waals surface area (Å²) in [4.78, 5) is 21.8. The van der Waals surface area contributed by atoms with Crippen molar-refractivity contribution in [3.05, 3.63) is 36.4 Å². The molecule has 0 saturated heterocycles. The van der Waals surface area contributed by atoms with Crippen LogP contribution in [0, 0.1) is 0 Å². The van der Waals surface area contributed by atoms with Gasteiger partial charge in [-0.3, -0.25) is 4.79 Å². The first-order chi connectivity index (χ1) is 10.1. The van der Waals surface area contributed by atoms with Crippen molar-refractivity contribution in [2.24, 2.45) is 0 Å². The molecule has 0 aliphatic rings. The second kappa shape index (κ2) is 6.56. The van der Waals surface area contributed by atoms with Crippen LogP contribution in [0.3, 0.4) is 0 Å². The summed E-state index contributed by atoms with van der Waals surface area (Å²) in [5.74, 6) is 0.855. The molecule has 1 N–H and O–H groups in total. The predicted octanol–water partition coefficient (Wildman–Crippen LogP) is 1.80. The van der Waals surface area contributed by atoms with Gasteiger partial charge in [0.15, 0.2) is 5.82 Å². The molecular formula is C14H16N4O3. The van der Waals surface area contributed by atoms with E-state index < -0.39 is 0 Å². The molecule has 2 aromatic rings. The Hall–Kier alpha value is -2.83. The van der Waals surface area contributed by atoms with Crippen molar-refractivity contribution in [1.82, 2.24) is 9.97 Å². The molecule has 0 atom stereocenters. The zero-order valence-electron chi connectivity index (χ0n) is 12.0. The number of aromatic nitrogens is 2. The van der Waals surface area contributed by atoms with Crippen molar-refractivity contribution in [3.63, 3.8) is 0 Å². The fourth-order valence-electron chi connectivity index (χ4n) is 1.60. The Bertz CT molecular complexity index is 636. The van der Waals surface area contributed by atoms with Crippen molar-refractivity contribution < 1.29 is 13.9 Å². The highest BCUT2D eigenvalue weighted by molar-refractivity contribution is 6.03. The van der Waals surface area contributed by atoms with Crippen molar-refractivity contribution in [3.8, 4) is 6.01 Å². The second-order valence-electron chi connectivity index (χ2n) is 4.33. The first-order valence-electron chi connectivity index (χ1n) is 6.21. The third kappa shape index (κ3) is 3.82. The number of amides is 1. The van der Waals surface area contributed by atoms with E-state index in [0.29, 0.717) is 17.3 Å². The van der Waals surface area contributed by atoms with E-state index in [0.717, 1.165) is 0 Å². The summed E-state index contributed by atoms with van der Waals surface area (Å²) in [7, 11) is 5.12. The van der Waals surface area contributed by atoms with Gasteiger partial charge in [0, 0.05) is 20.2 Å². The molecule has 0 fully saturated rings. The van der Waals surface area contributed by atoms with E-state index in [9.17, 15) is 4.79 Å². The van der Waals surface area contributed by atoms with E-state index in [-0.39, 0.29) is 11.9 Å². The topological polar surface area (TPSA) is 80.5 Å². The molecule has 21 heavy (non-hydrogen) atoms. The van der Waals surface area contributed by atoms with E-state index in [1.165, 1.54) is 19.4 Å². The highest BCUT2D eigenvalue weighted by Crippen LogP contribution is 2.22. The number of rotatable bonds is 5. The Morgan fingerprint density at radius 2 is 2.29 bits per heavy atom. The number of ether oxygens (including phenoxy) is 1. The molecule has 7 nitrogen and oxygen atoms in total. The summed E-state index contributed by atoms with van der Waals surface area (Å²) in [5.41, 5.74) is 0.495. The molecular weight excluding hydrogens is 272 g/mol. The average molecular weight is 288 g/mol. The van der Waals surface area contributed by atoms with Crippen LogP contribution in [0.5, 0.6) is 6.01 Å². The van der Waals surface area contributed by atoms with Crippen LogP contribution in [0.1, 0.15) is 5.76 Å². The van der Waals surface area contributed by atoms with E-state index in [4.69, 9.17) is 9.15 Å². The van der Waals surface area contributed by atoms with Gasteiger partial charge >= 0.3 is 6.01 Å². The maximum atomic E-state index is 11.9. The van der Waals surface area contributed by atoms with Gasteiger partial charge in [0.05, 0.1) is 19.6 Å². The number of anilines is 2. The molecule has 2 rings (SSSR count). The zero-order chi connectivity index (χ0) is 15.2. The number of hydrogen-bond acceptors (Lipinski definition) is 6. The molecule has 1 amide bonds. The Balaban J connectivity index is 2.13. The first kappa shape index (κ1) is 14.6. The Morgan fingerprint density at radius 3 is 2.90 bits per heavy atom. The minimum atomic E-state index is -0.303. The minimum absolute atomic E-state index is 0.239. The number of carbonyl (C=O) groups is 1. The minimum Gasteiger partial charge on any atom is -0.467 e. The van der Waals surface area contributed by atoms with E-state index in [2.05, 4.69) is 15.3 Å². The Morgan fingerprint density at radius 1 is 1.48 bits per heavy atom. The van der Waals surface area contributed by atoms with Crippen LogP contribution >= 0.6 is 0 Å². The predicted molar refractivity (Wildman–Crippen MR) is 79.3 cm³/mol. The van der Waals surface area contributed by atoms with Gasteiger partial charge in [-0.05, 0) is 18.2 Å². The van der Waals surface area contributed by atoms with Gasteiger partial charge < -0.3 is 19.4 Å². The van der Waals surface area contributed by atoms with Gasteiger partial charge in [0.1, 0.15) is 11.4 Å². The molecule has 0 unspecified atom stereocenters.